The first-order chi connectivity index (χ1) is 8.83. The highest BCUT2D eigenvalue weighted by Gasteiger charge is 2.12. The first-order valence-corrected chi connectivity index (χ1v) is 5.92. The molecule has 2 aromatic rings. The molecule has 0 radical (unpaired) electrons. The minimum atomic E-state index is 0.404. The average Bonchev–Trinajstić information content (AvgIpc) is 2.82. The minimum Gasteiger partial charge on any atom is -0.472 e. The summed E-state index contributed by atoms with van der Waals surface area (Å²) in [5.74, 6) is 1.32. The van der Waals surface area contributed by atoms with E-state index >= 15 is 0 Å². The lowest BCUT2D eigenvalue weighted by Gasteiger charge is -2.15. The van der Waals surface area contributed by atoms with E-state index in [0.717, 1.165) is 36.5 Å². The Bertz CT molecular complexity index is 553. The Hall–Kier alpha value is -1.95. The molecule has 0 atom stereocenters. The molecule has 6 nitrogen and oxygen atoms in total. The van der Waals surface area contributed by atoms with Crippen LogP contribution in [0.3, 0.4) is 0 Å². The SMILES string of the molecule is Cc1oncc1COc1cc2c(nn1)CNCC2. The van der Waals surface area contributed by atoms with Crippen molar-refractivity contribution < 1.29 is 9.26 Å². The molecule has 0 aromatic carbocycles. The van der Waals surface area contributed by atoms with Gasteiger partial charge in [-0.25, -0.2) is 0 Å². The normalized spacial score (nSPS) is 14.3. The third-order valence-electron chi connectivity index (χ3n) is 3.03. The molecule has 0 unspecified atom stereocenters. The molecule has 1 N–H and O–H groups in total. The van der Waals surface area contributed by atoms with Crippen LogP contribution in [-0.2, 0) is 19.6 Å². The molecule has 0 bridgehead atoms. The maximum absolute atomic E-state index is 5.60. The van der Waals surface area contributed by atoms with Crippen LogP contribution in [0, 0.1) is 6.92 Å². The van der Waals surface area contributed by atoms with Crippen molar-refractivity contribution in [2.45, 2.75) is 26.5 Å². The van der Waals surface area contributed by atoms with E-state index in [9.17, 15) is 0 Å². The average molecular weight is 246 g/mol. The van der Waals surface area contributed by atoms with E-state index in [1.165, 1.54) is 5.56 Å². The topological polar surface area (TPSA) is 73.1 Å². The molecule has 1 aliphatic rings. The molecule has 0 amide bonds. The van der Waals surface area contributed by atoms with Crippen molar-refractivity contribution in [2.75, 3.05) is 6.54 Å². The molecule has 0 saturated heterocycles. The van der Waals surface area contributed by atoms with Crippen molar-refractivity contribution >= 4 is 0 Å². The van der Waals surface area contributed by atoms with Gasteiger partial charge in [0.2, 0.25) is 5.88 Å². The van der Waals surface area contributed by atoms with Gasteiger partial charge in [-0.1, -0.05) is 5.16 Å². The molecule has 94 valence electrons. The summed E-state index contributed by atoms with van der Waals surface area (Å²) >= 11 is 0. The van der Waals surface area contributed by atoms with Crippen LogP contribution >= 0.6 is 0 Å². The van der Waals surface area contributed by atoms with Gasteiger partial charge < -0.3 is 14.6 Å². The number of hydrogen-bond acceptors (Lipinski definition) is 6. The molecule has 0 spiro atoms. The smallest absolute Gasteiger partial charge is 0.234 e. The molecule has 0 fully saturated rings. The standard InChI is InChI=1S/C12H14N4O2/c1-8-10(5-14-18-8)7-17-12-4-9-2-3-13-6-11(9)15-16-12/h4-5,13H,2-3,6-7H2,1H3. The second-order valence-corrected chi connectivity index (χ2v) is 4.28. The second-order valence-electron chi connectivity index (χ2n) is 4.28. The predicted molar refractivity (Wildman–Crippen MR) is 63.0 cm³/mol. The van der Waals surface area contributed by atoms with E-state index in [1.54, 1.807) is 6.20 Å². The summed E-state index contributed by atoms with van der Waals surface area (Å²) in [5.41, 5.74) is 3.15. The van der Waals surface area contributed by atoms with Crippen LogP contribution < -0.4 is 10.1 Å². The summed E-state index contributed by atoms with van der Waals surface area (Å²) in [4.78, 5) is 0. The lowest BCUT2D eigenvalue weighted by molar-refractivity contribution is 0.285. The zero-order valence-electron chi connectivity index (χ0n) is 10.1. The van der Waals surface area contributed by atoms with Crippen molar-refractivity contribution in [2.24, 2.45) is 0 Å². The van der Waals surface area contributed by atoms with Crippen LogP contribution in [0.5, 0.6) is 5.88 Å². The number of hydrogen-bond donors (Lipinski definition) is 1. The van der Waals surface area contributed by atoms with E-state index < -0.39 is 0 Å². The van der Waals surface area contributed by atoms with Crippen LogP contribution in [0.15, 0.2) is 16.8 Å². The third-order valence-corrected chi connectivity index (χ3v) is 3.03. The van der Waals surface area contributed by atoms with Gasteiger partial charge in [0, 0.05) is 12.6 Å². The van der Waals surface area contributed by atoms with Crippen molar-refractivity contribution in [3.63, 3.8) is 0 Å². The molecule has 2 aromatic heterocycles. The zero-order chi connectivity index (χ0) is 12.4. The lowest BCUT2D eigenvalue weighted by atomic mass is 10.1. The molecule has 3 rings (SSSR count). The predicted octanol–water partition coefficient (Wildman–Crippen LogP) is 0.998. The van der Waals surface area contributed by atoms with Crippen LogP contribution in [0.1, 0.15) is 22.6 Å². The summed E-state index contributed by atoms with van der Waals surface area (Å²) in [6.07, 6.45) is 2.62. The molecule has 3 heterocycles. The first kappa shape index (κ1) is 11.2. The summed E-state index contributed by atoms with van der Waals surface area (Å²) < 4.78 is 10.6. The van der Waals surface area contributed by atoms with Crippen LogP contribution in [0.4, 0.5) is 0 Å². The maximum Gasteiger partial charge on any atom is 0.234 e. The number of ether oxygens (including phenoxy) is 1. The Labute approximate surface area is 104 Å². The van der Waals surface area contributed by atoms with Gasteiger partial charge in [0.1, 0.15) is 12.4 Å². The lowest BCUT2D eigenvalue weighted by Crippen LogP contribution is -2.25. The van der Waals surface area contributed by atoms with Crippen molar-refractivity contribution in [3.8, 4) is 5.88 Å². The van der Waals surface area contributed by atoms with E-state index in [4.69, 9.17) is 9.26 Å². The Morgan fingerprint density at radius 3 is 3.22 bits per heavy atom. The van der Waals surface area contributed by atoms with Gasteiger partial charge in [-0.2, -0.15) is 5.10 Å². The Kier molecular flexibility index (Phi) is 2.93. The maximum atomic E-state index is 5.60. The molecule has 6 heteroatoms. The quantitative estimate of drug-likeness (QED) is 0.871. The molecule has 0 aliphatic carbocycles. The van der Waals surface area contributed by atoms with Crippen LogP contribution in [0.2, 0.25) is 0 Å². The first-order valence-electron chi connectivity index (χ1n) is 5.92. The largest absolute Gasteiger partial charge is 0.472 e. The number of aryl methyl sites for hydroxylation is 1. The van der Waals surface area contributed by atoms with E-state index in [2.05, 4.69) is 20.7 Å². The molecule has 0 saturated carbocycles. The van der Waals surface area contributed by atoms with Crippen LogP contribution in [0.25, 0.3) is 0 Å². The van der Waals surface area contributed by atoms with Gasteiger partial charge in [-0.05, 0) is 25.5 Å². The highest BCUT2D eigenvalue weighted by Crippen LogP contribution is 2.17. The number of nitrogens with one attached hydrogen (secondary N) is 1. The fraction of sp³-hybridized carbons (Fsp3) is 0.417. The fourth-order valence-corrected chi connectivity index (χ4v) is 1.91. The molecular weight excluding hydrogens is 232 g/mol. The van der Waals surface area contributed by atoms with E-state index in [1.807, 2.05) is 13.0 Å². The van der Waals surface area contributed by atoms with Crippen molar-refractivity contribution in [1.29, 1.82) is 0 Å². The Morgan fingerprint density at radius 2 is 2.39 bits per heavy atom. The van der Waals surface area contributed by atoms with Gasteiger partial charge in [-0.15, -0.1) is 5.10 Å². The number of nitrogens with zero attached hydrogens (tertiary/aromatic N) is 3. The molecule has 1 aliphatic heterocycles. The summed E-state index contributed by atoms with van der Waals surface area (Å²) in [6.45, 7) is 4.02. The highest BCUT2D eigenvalue weighted by molar-refractivity contribution is 5.26. The highest BCUT2D eigenvalue weighted by atomic mass is 16.5. The fourth-order valence-electron chi connectivity index (χ4n) is 1.91. The summed E-state index contributed by atoms with van der Waals surface area (Å²) in [5, 5.41) is 15.2. The zero-order valence-corrected chi connectivity index (χ0v) is 10.1. The van der Waals surface area contributed by atoms with Crippen molar-refractivity contribution in [3.05, 3.63) is 34.8 Å². The van der Waals surface area contributed by atoms with Crippen LogP contribution in [-0.4, -0.2) is 21.9 Å². The Morgan fingerprint density at radius 1 is 1.44 bits per heavy atom. The number of rotatable bonds is 3. The number of aromatic nitrogens is 3. The van der Waals surface area contributed by atoms with Crippen molar-refractivity contribution in [1.82, 2.24) is 20.7 Å². The van der Waals surface area contributed by atoms with Gasteiger partial charge in [0.15, 0.2) is 0 Å². The van der Waals surface area contributed by atoms with Gasteiger partial charge in [0.25, 0.3) is 0 Å². The Balaban J connectivity index is 1.71. The summed E-state index contributed by atoms with van der Waals surface area (Å²) in [7, 11) is 0. The minimum absolute atomic E-state index is 0.404. The van der Waals surface area contributed by atoms with Gasteiger partial charge >= 0.3 is 0 Å². The third kappa shape index (κ3) is 2.19. The monoisotopic (exact) mass is 246 g/mol. The van der Waals surface area contributed by atoms with Gasteiger partial charge in [-0.3, -0.25) is 0 Å². The summed E-state index contributed by atoms with van der Waals surface area (Å²) in [6, 6.07) is 1.96. The second kappa shape index (κ2) is 4.73. The van der Waals surface area contributed by atoms with E-state index in [0.29, 0.717) is 12.5 Å². The number of fused-ring (bicyclic) bond motifs is 1. The molecule has 18 heavy (non-hydrogen) atoms. The molecular formula is C12H14N4O2. The van der Waals surface area contributed by atoms with Gasteiger partial charge in [0.05, 0.1) is 17.5 Å². The van der Waals surface area contributed by atoms with E-state index in [-0.39, 0.29) is 0 Å².